The molecule has 0 radical (unpaired) electrons. The zero-order valence-electron chi connectivity index (χ0n) is 26.2. The number of piperidine rings is 2. The van der Waals surface area contributed by atoms with Crippen LogP contribution in [-0.2, 0) is 11.2 Å². The van der Waals surface area contributed by atoms with Crippen molar-refractivity contribution in [3.63, 3.8) is 0 Å². The maximum Gasteiger partial charge on any atom is 0.273 e. The SMILES string of the molecule is C#C.C#C.C#C.CCCc1[nH+]c(Cl)ccc1[C@H]1CC[NH2+]C1.C[NH+]1CCCCC1.O=CN1CCCCC1.c1ccccc1. The van der Waals surface area contributed by atoms with Gasteiger partial charge in [-0.1, -0.05) is 43.3 Å². The molecule has 0 unspecified atom stereocenters. The van der Waals surface area contributed by atoms with Crippen molar-refractivity contribution in [2.45, 2.75) is 70.6 Å². The Bertz CT molecular complexity index is 885. The number of nitrogens with zero attached hydrogens (tertiary/aromatic N) is 1. The predicted molar refractivity (Wildman–Crippen MR) is 179 cm³/mol. The monoisotopic (exact) mass is 595 g/mol. The standard InChI is InChI=1S/C12H17ClN2.C6H11NO.C6H13N.C6H6.3C2H2/c1-2-3-11-10(4-5-12(13)15-11)9-6-7-14-8-9;8-6-7-4-2-1-3-5-7;1-7-5-3-2-4-6-7;1-2-4-6-5-3-1;3*1-2/h4-5,9,14H,2-3,6-8H2,1H3;6H,1-5H2;2-6H2,1H3;1-6H;3*1-2H/p+3/t9-;;;;;;/m0....../s1. The third kappa shape index (κ3) is 20.6. The number of aromatic amines is 1. The predicted octanol–water partition coefficient (Wildman–Crippen LogP) is 3.91. The van der Waals surface area contributed by atoms with E-state index in [2.05, 4.69) is 68.9 Å². The van der Waals surface area contributed by atoms with E-state index >= 15 is 0 Å². The average Bonchev–Trinajstić information content (AvgIpc) is 3.62. The van der Waals surface area contributed by atoms with E-state index in [0.29, 0.717) is 0 Å². The smallest absolute Gasteiger partial charge is 0.273 e. The van der Waals surface area contributed by atoms with Gasteiger partial charge in [0.15, 0.2) is 5.69 Å². The number of carbonyl (C=O) groups excluding carboxylic acids is 1. The van der Waals surface area contributed by atoms with E-state index in [4.69, 9.17) is 11.6 Å². The lowest BCUT2D eigenvalue weighted by atomic mass is 9.95. The lowest BCUT2D eigenvalue weighted by Gasteiger charge is -2.21. The summed E-state index contributed by atoms with van der Waals surface area (Å²) in [6, 6.07) is 16.2. The first-order chi connectivity index (χ1) is 20.6. The molecule has 6 heteroatoms. The number of hydrogen-bond acceptors (Lipinski definition) is 1. The van der Waals surface area contributed by atoms with Crippen LogP contribution in [0.25, 0.3) is 0 Å². The molecule has 1 amide bonds. The molecule has 1 atom stereocenters. The van der Waals surface area contributed by atoms with Gasteiger partial charge < -0.3 is 15.1 Å². The molecule has 230 valence electrons. The number of benzene rings is 1. The van der Waals surface area contributed by atoms with Gasteiger partial charge in [0.1, 0.15) is 0 Å². The number of nitrogens with two attached hydrogens (primary N) is 1. The van der Waals surface area contributed by atoms with Gasteiger partial charge in [-0.25, -0.2) is 0 Å². The fraction of sp³-hybridized carbons (Fsp3) is 0.500. The van der Waals surface area contributed by atoms with Crippen molar-refractivity contribution in [1.29, 1.82) is 0 Å². The number of rotatable bonds is 4. The normalized spacial score (nSPS) is 16.9. The van der Waals surface area contributed by atoms with Crippen LogP contribution in [0.2, 0.25) is 5.15 Å². The molecule has 42 heavy (non-hydrogen) atoms. The second-order valence-electron chi connectivity index (χ2n) is 10.2. The van der Waals surface area contributed by atoms with E-state index in [0.717, 1.165) is 37.0 Å². The van der Waals surface area contributed by atoms with E-state index in [9.17, 15) is 4.79 Å². The Hall–Kier alpha value is -3.27. The molecule has 3 aliphatic heterocycles. The Kier molecular flexibility index (Phi) is 29.9. The van der Waals surface area contributed by atoms with Gasteiger partial charge >= 0.3 is 0 Å². The highest BCUT2D eigenvalue weighted by Gasteiger charge is 2.25. The molecule has 4 N–H and O–H groups in total. The number of hydrogen-bond donors (Lipinski definition) is 2. The van der Waals surface area contributed by atoms with Crippen molar-refractivity contribution in [3.8, 4) is 38.5 Å². The zero-order chi connectivity index (χ0) is 31.8. The third-order valence-corrected chi connectivity index (χ3v) is 7.27. The summed E-state index contributed by atoms with van der Waals surface area (Å²) in [5.41, 5.74) is 2.82. The Labute approximate surface area is 262 Å². The van der Waals surface area contributed by atoms with Gasteiger partial charge in [-0.2, -0.15) is 4.98 Å². The molecule has 3 aliphatic rings. The van der Waals surface area contributed by atoms with Crippen LogP contribution in [-0.4, -0.2) is 57.6 Å². The molecular formula is C36H56ClN4O+3. The van der Waals surface area contributed by atoms with E-state index in [1.165, 1.54) is 88.8 Å². The summed E-state index contributed by atoms with van der Waals surface area (Å²) in [4.78, 5) is 16.9. The van der Waals surface area contributed by atoms with E-state index in [1.807, 2.05) is 47.4 Å². The van der Waals surface area contributed by atoms with Gasteiger partial charge in [-0.05, 0) is 62.6 Å². The topological polar surface area (TPSA) is 55.5 Å². The zero-order valence-corrected chi connectivity index (χ0v) is 26.9. The van der Waals surface area contributed by atoms with Crippen LogP contribution in [0.4, 0.5) is 0 Å². The molecular weight excluding hydrogens is 540 g/mol. The molecule has 0 bridgehead atoms. The minimum Gasteiger partial charge on any atom is -0.346 e. The lowest BCUT2D eigenvalue weighted by Crippen LogP contribution is -3.09. The Morgan fingerprint density at radius 3 is 1.81 bits per heavy atom. The molecule has 0 saturated carbocycles. The van der Waals surface area contributed by atoms with Crippen molar-refractivity contribution in [2.24, 2.45) is 0 Å². The maximum atomic E-state index is 10.1. The van der Waals surface area contributed by atoms with Crippen LogP contribution in [0.15, 0.2) is 48.5 Å². The quantitative estimate of drug-likeness (QED) is 0.314. The molecule has 1 aromatic heterocycles. The summed E-state index contributed by atoms with van der Waals surface area (Å²) in [5, 5.41) is 3.15. The highest BCUT2D eigenvalue weighted by molar-refractivity contribution is 6.28. The number of pyridine rings is 1. The van der Waals surface area contributed by atoms with E-state index in [-0.39, 0.29) is 0 Å². The number of aromatic nitrogens is 1. The maximum absolute atomic E-state index is 10.1. The van der Waals surface area contributed by atoms with Crippen LogP contribution >= 0.6 is 11.6 Å². The van der Waals surface area contributed by atoms with Crippen LogP contribution < -0.4 is 15.2 Å². The van der Waals surface area contributed by atoms with Gasteiger partial charge in [-0.3, -0.25) is 4.79 Å². The number of aryl methyl sites for hydroxylation is 1. The molecule has 3 saturated heterocycles. The molecule has 5 rings (SSSR count). The van der Waals surface area contributed by atoms with Crippen molar-refractivity contribution < 1.29 is 20.0 Å². The molecule has 1 aromatic carbocycles. The molecule has 5 nitrogen and oxygen atoms in total. The average molecular weight is 596 g/mol. The largest absolute Gasteiger partial charge is 0.346 e. The molecule has 0 spiro atoms. The highest BCUT2D eigenvalue weighted by Crippen LogP contribution is 2.23. The second kappa shape index (κ2) is 30.7. The van der Waals surface area contributed by atoms with Crippen LogP contribution in [0.3, 0.4) is 0 Å². The summed E-state index contributed by atoms with van der Waals surface area (Å²) in [6.45, 7) is 9.46. The van der Waals surface area contributed by atoms with Crippen molar-refractivity contribution in [3.05, 3.63) is 64.9 Å². The Morgan fingerprint density at radius 2 is 1.43 bits per heavy atom. The van der Waals surface area contributed by atoms with Crippen molar-refractivity contribution >= 4 is 18.0 Å². The lowest BCUT2D eigenvalue weighted by molar-refractivity contribution is -0.884. The van der Waals surface area contributed by atoms with Crippen LogP contribution in [0.1, 0.15) is 75.5 Å². The number of amides is 1. The summed E-state index contributed by atoms with van der Waals surface area (Å²) in [6.07, 6.45) is 36.6. The van der Waals surface area contributed by atoms with Gasteiger partial charge in [-0.15, -0.1) is 38.5 Å². The van der Waals surface area contributed by atoms with Crippen LogP contribution in [0, 0.1) is 38.5 Å². The van der Waals surface area contributed by atoms with Gasteiger partial charge in [0.05, 0.1) is 33.2 Å². The molecule has 3 fully saturated rings. The molecule has 2 aromatic rings. The highest BCUT2D eigenvalue weighted by atomic mass is 35.5. The van der Waals surface area contributed by atoms with E-state index < -0.39 is 0 Å². The van der Waals surface area contributed by atoms with Gasteiger partial charge in [0.2, 0.25) is 6.41 Å². The number of halogens is 1. The Morgan fingerprint density at radius 1 is 0.905 bits per heavy atom. The summed E-state index contributed by atoms with van der Waals surface area (Å²) >= 11 is 6.00. The second-order valence-corrected chi connectivity index (χ2v) is 10.6. The minimum atomic E-state index is 0.722. The number of carbonyl (C=O) groups is 1. The summed E-state index contributed by atoms with van der Waals surface area (Å²) in [7, 11) is 2.28. The molecule has 0 aliphatic carbocycles. The van der Waals surface area contributed by atoms with E-state index in [1.54, 1.807) is 4.90 Å². The van der Waals surface area contributed by atoms with Crippen molar-refractivity contribution in [1.82, 2.24) is 4.90 Å². The minimum absolute atomic E-state index is 0.722. The molecule has 4 heterocycles. The fourth-order valence-electron chi connectivity index (χ4n) is 4.96. The number of quaternary nitrogens is 2. The Balaban J connectivity index is 0. The number of nitrogens with one attached hydrogen (secondary N) is 2. The first-order valence-corrected chi connectivity index (χ1v) is 15.5. The first kappa shape index (κ1) is 40.9. The third-order valence-electron chi connectivity index (χ3n) is 7.05. The number of terminal acetylenes is 3. The van der Waals surface area contributed by atoms with Crippen LogP contribution in [0.5, 0.6) is 0 Å². The number of likely N-dealkylation sites (tertiary alicyclic amines) is 2. The fourth-order valence-corrected chi connectivity index (χ4v) is 5.14. The number of H-pyrrole nitrogens is 1. The summed E-state index contributed by atoms with van der Waals surface area (Å²) < 4.78 is 0. The summed E-state index contributed by atoms with van der Waals surface area (Å²) in [5.74, 6) is 0.722. The van der Waals surface area contributed by atoms with Gasteiger partial charge in [0.25, 0.3) is 5.15 Å². The van der Waals surface area contributed by atoms with Gasteiger partial charge in [0, 0.05) is 43.5 Å². The first-order valence-electron chi connectivity index (χ1n) is 15.2. The van der Waals surface area contributed by atoms with Crippen molar-refractivity contribution in [2.75, 3.05) is 46.3 Å².